The summed E-state index contributed by atoms with van der Waals surface area (Å²) in [4.78, 5) is 20.6. The van der Waals surface area contributed by atoms with Crippen molar-refractivity contribution < 1.29 is 13.6 Å². The van der Waals surface area contributed by atoms with Gasteiger partial charge in [0.2, 0.25) is 0 Å². The number of benzene rings is 1. The number of halogens is 2. The SMILES string of the molecule is CNC(=O)N1CCc2c(c(N3CCCc4cc(-c5cnn(C)c5)c(C(F)F)cc43)nn2-c2cccnc2)C1. The highest BCUT2D eigenvalue weighted by Crippen LogP contribution is 2.43. The quantitative estimate of drug-likeness (QED) is 0.433. The van der Waals surface area contributed by atoms with Gasteiger partial charge in [0.05, 0.1) is 30.3 Å². The van der Waals surface area contributed by atoms with Gasteiger partial charge < -0.3 is 15.1 Å². The van der Waals surface area contributed by atoms with Crippen LogP contribution >= 0.6 is 0 Å². The molecule has 3 aromatic heterocycles. The lowest BCUT2D eigenvalue weighted by molar-refractivity contribution is 0.152. The number of alkyl halides is 2. The number of pyridine rings is 1. The number of nitrogens with one attached hydrogen (secondary N) is 1. The van der Waals surface area contributed by atoms with Crippen LogP contribution in [0, 0.1) is 0 Å². The molecule has 11 heteroatoms. The third-order valence-corrected chi connectivity index (χ3v) is 7.30. The van der Waals surface area contributed by atoms with Crippen LogP contribution in [0.15, 0.2) is 49.1 Å². The van der Waals surface area contributed by atoms with Gasteiger partial charge in [-0.3, -0.25) is 9.67 Å². The second kappa shape index (κ2) is 9.55. The van der Waals surface area contributed by atoms with Crippen molar-refractivity contribution in [1.82, 2.24) is 34.8 Å². The van der Waals surface area contributed by atoms with Gasteiger partial charge in [-0.1, -0.05) is 0 Å². The van der Waals surface area contributed by atoms with Crippen molar-refractivity contribution in [2.75, 3.05) is 25.0 Å². The van der Waals surface area contributed by atoms with E-state index >= 15 is 0 Å². The van der Waals surface area contributed by atoms with E-state index in [0.29, 0.717) is 43.0 Å². The predicted molar refractivity (Wildman–Crippen MR) is 139 cm³/mol. The molecule has 0 radical (unpaired) electrons. The van der Waals surface area contributed by atoms with E-state index < -0.39 is 6.43 Å². The first-order valence-electron chi connectivity index (χ1n) is 12.6. The van der Waals surface area contributed by atoms with Crippen LogP contribution < -0.4 is 10.2 Å². The van der Waals surface area contributed by atoms with Crippen LogP contribution in [0.4, 0.5) is 25.1 Å². The Balaban J connectivity index is 1.50. The van der Waals surface area contributed by atoms with Crippen molar-refractivity contribution in [2.24, 2.45) is 7.05 Å². The molecule has 0 aliphatic carbocycles. The number of hydrogen-bond acceptors (Lipinski definition) is 5. The van der Waals surface area contributed by atoms with Gasteiger partial charge in [0.25, 0.3) is 6.43 Å². The van der Waals surface area contributed by atoms with Crippen LogP contribution in [0.1, 0.15) is 35.2 Å². The Morgan fingerprint density at radius 2 is 2.03 bits per heavy atom. The van der Waals surface area contributed by atoms with Crippen LogP contribution in [-0.4, -0.2) is 55.6 Å². The number of aryl methyl sites for hydroxylation is 2. The lowest BCUT2D eigenvalue weighted by atomic mass is 9.92. The summed E-state index contributed by atoms with van der Waals surface area (Å²) in [6, 6.07) is 7.12. The van der Waals surface area contributed by atoms with Crippen molar-refractivity contribution in [1.29, 1.82) is 0 Å². The summed E-state index contributed by atoms with van der Waals surface area (Å²) in [6.07, 6.45) is 6.43. The Labute approximate surface area is 218 Å². The molecule has 1 N–H and O–H groups in total. The van der Waals surface area contributed by atoms with Gasteiger partial charge in [0.1, 0.15) is 0 Å². The van der Waals surface area contributed by atoms with Gasteiger partial charge in [0.15, 0.2) is 5.82 Å². The number of amides is 2. The Morgan fingerprint density at radius 1 is 1.16 bits per heavy atom. The van der Waals surface area contributed by atoms with Crippen molar-refractivity contribution >= 4 is 17.5 Å². The second-order valence-electron chi connectivity index (χ2n) is 9.63. The maximum absolute atomic E-state index is 14.4. The first kappa shape index (κ1) is 24.1. The van der Waals surface area contributed by atoms with Crippen LogP contribution in [0.5, 0.6) is 0 Å². The van der Waals surface area contributed by atoms with Gasteiger partial charge >= 0.3 is 6.03 Å². The molecule has 2 amide bonds. The highest BCUT2D eigenvalue weighted by molar-refractivity contribution is 5.78. The van der Waals surface area contributed by atoms with Gasteiger partial charge in [-0.2, -0.15) is 5.10 Å². The molecule has 0 bridgehead atoms. The number of hydrogen-bond donors (Lipinski definition) is 1. The van der Waals surface area contributed by atoms with E-state index in [0.717, 1.165) is 41.0 Å². The van der Waals surface area contributed by atoms with Gasteiger partial charge in [0, 0.05) is 68.4 Å². The summed E-state index contributed by atoms with van der Waals surface area (Å²) >= 11 is 0. The smallest absolute Gasteiger partial charge is 0.317 e. The monoisotopic (exact) mass is 518 g/mol. The zero-order chi connectivity index (χ0) is 26.4. The van der Waals surface area contributed by atoms with Crippen LogP contribution in [0.3, 0.4) is 0 Å². The van der Waals surface area contributed by atoms with Gasteiger partial charge in [-0.25, -0.2) is 18.3 Å². The minimum Gasteiger partial charge on any atom is -0.341 e. The number of carbonyl (C=O) groups is 1. The normalized spacial score (nSPS) is 15.0. The predicted octanol–water partition coefficient (Wildman–Crippen LogP) is 4.39. The average Bonchev–Trinajstić information content (AvgIpc) is 3.55. The van der Waals surface area contributed by atoms with E-state index in [1.54, 1.807) is 54.5 Å². The van der Waals surface area contributed by atoms with Crippen molar-refractivity contribution in [3.63, 3.8) is 0 Å². The molecule has 4 aromatic rings. The maximum atomic E-state index is 14.4. The third kappa shape index (κ3) is 4.07. The van der Waals surface area contributed by atoms with Crippen molar-refractivity contribution in [3.05, 3.63) is 71.4 Å². The third-order valence-electron chi connectivity index (χ3n) is 7.30. The number of carbonyl (C=O) groups excluding carboxylic acids is 1. The standard InChI is InChI=1S/C27H28F2N8O/c1-30-27(38)35-10-7-23-22(16-35)26(33-37(23)19-6-3-8-31-14-19)36-9-4-5-17-11-20(18-13-32-34(2)15-18)21(25(28)29)12-24(17)36/h3,6,8,11-15,25H,4-5,7,9-10,16H2,1-2H3,(H,30,38). The Bertz CT molecular complexity index is 1500. The molecule has 0 fully saturated rings. The van der Waals surface area contributed by atoms with E-state index in [4.69, 9.17) is 5.10 Å². The fourth-order valence-electron chi connectivity index (χ4n) is 5.50. The average molecular weight is 519 g/mol. The number of fused-ring (bicyclic) bond motifs is 2. The van der Waals surface area contributed by atoms with Gasteiger partial charge in [-0.05, 0) is 48.2 Å². The zero-order valence-electron chi connectivity index (χ0n) is 21.2. The number of aromatic nitrogens is 5. The molecule has 1 aromatic carbocycles. The summed E-state index contributed by atoms with van der Waals surface area (Å²) in [5.74, 6) is 0.688. The second-order valence-corrected chi connectivity index (χ2v) is 9.63. The number of anilines is 2. The topological polar surface area (TPSA) is 84.1 Å². The molecule has 38 heavy (non-hydrogen) atoms. The van der Waals surface area contributed by atoms with Crippen molar-refractivity contribution in [3.8, 4) is 16.8 Å². The summed E-state index contributed by atoms with van der Waals surface area (Å²) < 4.78 is 32.2. The largest absolute Gasteiger partial charge is 0.341 e. The van der Waals surface area contributed by atoms with E-state index in [9.17, 15) is 13.6 Å². The molecule has 0 saturated carbocycles. The highest BCUT2D eigenvalue weighted by Gasteiger charge is 2.33. The van der Waals surface area contributed by atoms with E-state index in [1.807, 2.05) is 27.8 Å². The van der Waals surface area contributed by atoms with Crippen molar-refractivity contribution in [2.45, 2.75) is 32.2 Å². The summed E-state index contributed by atoms with van der Waals surface area (Å²) in [5, 5.41) is 11.9. The highest BCUT2D eigenvalue weighted by atomic mass is 19.3. The molecule has 0 saturated heterocycles. The van der Waals surface area contributed by atoms with Gasteiger partial charge in [-0.15, -0.1) is 5.10 Å². The Kier molecular flexibility index (Phi) is 6.05. The summed E-state index contributed by atoms with van der Waals surface area (Å²) in [5.41, 5.74) is 5.60. The molecule has 0 unspecified atom stereocenters. The molecule has 0 spiro atoms. The van der Waals surface area contributed by atoms with E-state index in [2.05, 4.69) is 15.4 Å². The minimum absolute atomic E-state index is 0.0313. The lowest BCUT2D eigenvalue weighted by Crippen LogP contribution is -2.41. The molecule has 0 atom stereocenters. The molecular formula is C27H28F2N8O. The zero-order valence-corrected chi connectivity index (χ0v) is 21.2. The summed E-state index contributed by atoms with van der Waals surface area (Å²) in [7, 11) is 3.39. The van der Waals surface area contributed by atoms with Crippen LogP contribution in [-0.2, 0) is 26.4 Å². The van der Waals surface area contributed by atoms with Crippen LogP contribution in [0.2, 0.25) is 0 Å². The first-order chi connectivity index (χ1) is 18.4. The number of rotatable bonds is 4. The lowest BCUT2D eigenvalue weighted by Gasteiger charge is -2.33. The molecule has 196 valence electrons. The molecule has 5 heterocycles. The van der Waals surface area contributed by atoms with E-state index in [1.165, 1.54) is 0 Å². The first-order valence-corrected chi connectivity index (χ1v) is 12.6. The molecule has 9 nitrogen and oxygen atoms in total. The maximum Gasteiger partial charge on any atom is 0.317 e. The number of urea groups is 1. The minimum atomic E-state index is -2.65. The fraction of sp³-hybridized carbons (Fsp3) is 0.333. The summed E-state index contributed by atoms with van der Waals surface area (Å²) in [6.45, 7) is 1.57. The molecular weight excluding hydrogens is 490 g/mol. The Hall–Kier alpha value is -4.28. The Morgan fingerprint density at radius 3 is 2.74 bits per heavy atom. The molecule has 2 aliphatic rings. The molecule has 6 rings (SSSR count). The van der Waals surface area contributed by atoms with E-state index in [-0.39, 0.29) is 11.6 Å². The molecule has 2 aliphatic heterocycles. The fourth-order valence-corrected chi connectivity index (χ4v) is 5.50. The number of nitrogens with zero attached hydrogens (tertiary/aromatic N) is 7. The van der Waals surface area contributed by atoms with Crippen LogP contribution in [0.25, 0.3) is 16.8 Å².